The third kappa shape index (κ3) is 3.43. The highest BCUT2D eigenvalue weighted by atomic mass is 32.2. The largest absolute Gasteiger partial charge is 0.379 e. The molecule has 2 heterocycles. The summed E-state index contributed by atoms with van der Waals surface area (Å²) >= 11 is 0. The Morgan fingerprint density at radius 3 is 2.57 bits per heavy atom. The summed E-state index contributed by atoms with van der Waals surface area (Å²) < 4.78 is 46.5. The third-order valence-corrected chi connectivity index (χ3v) is 7.04. The molecule has 0 unspecified atom stereocenters. The number of benzene rings is 2. The van der Waals surface area contributed by atoms with Crippen LogP contribution in [-0.2, 0) is 21.2 Å². The molecule has 1 amide bonds. The van der Waals surface area contributed by atoms with Gasteiger partial charge in [-0.1, -0.05) is 18.2 Å². The van der Waals surface area contributed by atoms with Crippen molar-refractivity contribution in [2.45, 2.75) is 17.7 Å². The van der Waals surface area contributed by atoms with Crippen molar-refractivity contribution in [2.24, 2.45) is 0 Å². The van der Waals surface area contributed by atoms with Crippen LogP contribution in [-0.4, -0.2) is 51.5 Å². The highest BCUT2D eigenvalue weighted by Gasteiger charge is 2.31. The molecule has 2 aliphatic rings. The van der Waals surface area contributed by atoms with Gasteiger partial charge in [-0.15, -0.1) is 0 Å². The number of hydrogen-bond acceptors (Lipinski definition) is 4. The van der Waals surface area contributed by atoms with Gasteiger partial charge in [0.05, 0.1) is 13.2 Å². The van der Waals surface area contributed by atoms with Crippen LogP contribution in [0, 0.1) is 5.82 Å². The molecule has 28 heavy (non-hydrogen) atoms. The lowest BCUT2D eigenvalue weighted by Gasteiger charge is -2.30. The minimum atomic E-state index is -4.03. The number of anilines is 1. The standard InChI is InChI=1S/C20H21FN2O4S/c21-17-8-7-16(14-19(17)28(25,26)22-10-12-27-13-11-22)20(24)23-9-3-5-15-4-1-2-6-18(15)23/h1-2,4,6-8,14H,3,5,9-13H2. The lowest BCUT2D eigenvalue weighted by atomic mass is 10.0. The fourth-order valence-corrected chi connectivity index (χ4v) is 5.16. The molecule has 0 bridgehead atoms. The second-order valence-corrected chi connectivity index (χ2v) is 8.76. The van der Waals surface area contributed by atoms with Gasteiger partial charge in [-0.3, -0.25) is 4.79 Å². The topological polar surface area (TPSA) is 66.9 Å². The molecule has 0 atom stereocenters. The van der Waals surface area contributed by atoms with Crippen LogP contribution < -0.4 is 4.90 Å². The molecule has 4 rings (SSSR count). The summed E-state index contributed by atoms with van der Waals surface area (Å²) in [6, 6.07) is 11.2. The lowest BCUT2D eigenvalue weighted by Crippen LogP contribution is -2.41. The molecule has 0 aromatic heterocycles. The Labute approximate surface area is 163 Å². The molecule has 0 spiro atoms. The number of rotatable bonds is 3. The van der Waals surface area contributed by atoms with Gasteiger partial charge in [0, 0.05) is 30.9 Å². The van der Waals surface area contributed by atoms with E-state index in [2.05, 4.69) is 0 Å². The molecule has 1 saturated heterocycles. The maximum atomic E-state index is 14.4. The maximum Gasteiger partial charge on any atom is 0.258 e. The molecule has 0 N–H and O–H groups in total. The van der Waals surface area contributed by atoms with Crippen molar-refractivity contribution in [3.8, 4) is 0 Å². The predicted molar refractivity (Wildman–Crippen MR) is 102 cm³/mol. The summed E-state index contributed by atoms with van der Waals surface area (Å²) in [6.07, 6.45) is 1.71. The minimum absolute atomic E-state index is 0.157. The Kier molecular flexibility index (Phi) is 5.18. The molecule has 2 aromatic carbocycles. The normalized spacial score (nSPS) is 18.0. The number of carbonyl (C=O) groups is 1. The fourth-order valence-electron chi connectivity index (χ4n) is 3.66. The van der Waals surface area contributed by atoms with Crippen molar-refractivity contribution in [3.05, 3.63) is 59.4 Å². The Morgan fingerprint density at radius 1 is 1.04 bits per heavy atom. The van der Waals surface area contributed by atoms with Crippen molar-refractivity contribution < 1.29 is 22.3 Å². The van der Waals surface area contributed by atoms with E-state index in [4.69, 9.17) is 4.74 Å². The highest BCUT2D eigenvalue weighted by molar-refractivity contribution is 7.89. The first-order valence-corrected chi connectivity index (χ1v) is 10.7. The number of para-hydroxylation sites is 1. The van der Waals surface area contributed by atoms with Crippen molar-refractivity contribution >= 4 is 21.6 Å². The second-order valence-electron chi connectivity index (χ2n) is 6.85. The van der Waals surface area contributed by atoms with Crippen LogP contribution in [0.1, 0.15) is 22.3 Å². The summed E-state index contributed by atoms with van der Waals surface area (Å²) in [6.45, 7) is 1.41. The number of carbonyl (C=O) groups excluding carboxylic acids is 1. The molecule has 148 valence electrons. The molecule has 8 heteroatoms. The summed E-state index contributed by atoms with van der Waals surface area (Å²) in [5, 5.41) is 0. The Hall–Kier alpha value is -2.29. The van der Waals surface area contributed by atoms with Crippen LogP contribution in [0.4, 0.5) is 10.1 Å². The number of sulfonamides is 1. The number of amides is 1. The van der Waals surface area contributed by atoms with Gasteiger partial charge >= 0.3 is 0 Å². The molecular formula is C20H21FN2O4S. The monoisotopic (exact) mass is 404 g/mol. The van der Waals surface area contributed by atoms with Crippen molar-refractivity contribution in [1.29, 1.82) is 0 Å². The van der Waals surface area contributed by atoms with Gasteiger partial charge < -0.3 is 9.64 Å². The van der Waals surface area contributed by atoms with E-state index < -0.39 is 20.7 Å². The van der Waals surface area contributed by atoms with E-state index in [9.17, 15) is 17.6 Å². The zero-order valence-electron chi connectivity index (χ0n) is 15.3. The SMILES string of the molecule is O=C(c1ccc(F)c(S(=O)(=O)N2CCOCC2)c1)N1CCCc2ccccc21. The van der Waals surface area contributed by atoms with E-state index in [0.717, 1.165) is 36.2 Å². The quantitative estimate of drug-likeness (QED) is 0.788. The summed E-state index contributed by atoms with van der Waals surface area (Å²) in [4.78, 5) is 14.3. The van der Waals surface area contributed by atoms with E-state index in [0.29, 0.717) is 6.54 Å². The van der Waals surface area contributed by atoms with E-state index >= 15 is 0 Å². The third-order valence-electron chi connectivity index (χ3n) is 5.12. The lowest BCUT2D eigenvalue weighted by molar-refractivity contribution is 0.0729. The van der Waals surface area contributed by atoms with Gasteiger partial charge in [-0.25, -0.2) is 12.8 Å². The average molecular weight is 404 g/mol. The number of fused-ring (bicyclic) bond motifs is 1. The highest BCUT2D eigenvalue weighted by Crippen LogP contribution is 2.29. The fraction of sp³-hybridized carbons (Fsp3) is 0.350. The molecule has 2 aliphatic heterocycles. The first kappa shape index (κ1) is 19.0. The molecule has 0 radical (unpaired) electrons. The van der Waals surface area contributed by atoms with Crippen LogP contribution in [0.15, 0.2) is 47.4 Å². The van der Waals surface area contributed by atoms with Crippen LogP contribution >= 0.6 is 0 Å². The molecule has 2 aromatic rings. The Morgan fingerprint density at radius 2 is 1.79 bits per heavy atom. The van der Waals surface area contributed by atoms with E-state index in [1.807, 2.05) is 24.3 Å². The first-order chi connectivity index (χ1) is 13.5. The number of morpholine rings is 1. The van der Waals surface area contributed by atoms with Gasteiger partial charge in [0.25, 0.3) is 5.91 Å². The van der Waals surface area contributed by atoms with Gasteiger partial charge in [0.1, 0.15) is 10.7 Å². The Balaban J connectivity index is 1.69. The van der Waals surface area contributed by atoms with E-state index in [1.54, 1.807) is 4.90 Å². The maximum absolute atomic E-state index is 14.4. The van der Waals surface area contributed by atoms with E-state index in [-0.39, 0.29) is 37.8 Å². The number of hydrogen-bond donors (Lipinski definition) is 0. The van der Waals surface area contributed by atoms with Gasteiger partial charge in [0.2, 0.25) is 10.0 Å². The predicted octanol–water partition coefficient (Wildman–Crippen LogP) is 2.44. The van der Waals surface area contributed by atoms with Gasteiger partial charge in [0.15, 0.2) is 0 Å². The molecule has 0 aliphatic carbocycles. The summed E-state index contributed by atoms with van der Waals surface area (Å²) in [7, 11) is -4.03. The van der Waals surface area contributed by atoms with Crippen LogP contribution in [0.2, 0.25) is 0 Å². The number of halogens is 1. The molecular weight excluding hydrogens is 383 g/mol. The number of aryl methyl sites for hydroxylation is 1. The average Bonchev–Trinajstić information content (AvgIpc) is 2.73. The second kappa shape index (κ2) is 7.62. The minimum Gasteiger partial charge on any atom is -0.379 e. The number of nitrogens with zero attached hydrogens (tertiary/aromatic N) is 2. The molecule has 1 fully saturated rings. The smallest absolute Gasteiger partial charge is 0.258 e. The zero-order valence-corrected chi connectivity index (χ0v) is 16.1. The van der Waals surface area contributed by atoms with Crippen LogP contribution in [0.5, 0.6) is 0 Å². The zero-order chi connectivity index (χ0) is 19.7. The van der Waals surface area contributed by atoms with Gasteiger partial charge in [-0.05, 0) is 42.7 Å². The van der Waals surface area contributed by atoms with Crippen molar-refractivity contribution in [2.75, 3.05) is 37.7 Å². The Bertz CT molecular complexity index is 1000. The van der Waals surface area contributed by atoms with E-state index in [1.165, 1.54) is 10.4 Å². The van der Waals surface area contributed by atoms with Gasteiger partial charge in [-0.2, -0.15) is 4.31 Å². The number of ether oxygens (including phenoxy) is 1. The van der Waals surface area contributed by atoms with Crippen LogP contribution in [0.25, 0.3) is 0 Å². The molecule has 0 saturated carbocycles. The summed E-state index contributed by atoms with van der Waals surface area (Å²) in [5.74, 6) is -1.19. The first-order valence-electron chi connectivity index (χ1n) is 9.26. The van der Waals surface area contributed by atoms with Crippen LogP contribution in [0.3, 0.4) is 0 Å². The van der Waals surface area contributed by atoms with Crippen molar-refractivity contribution in [1.82, 2.24) is 4.31 Å². The molecule has 6 nitrogen and oxygen atoms in total. The summed E-state index contributed by atoms with van der Waals surface area (Å²) in [5.41, 5.74) is 2.05. The van der Waals surface area contributed by atoms with Crippen molar-refractivity contribution in [3.63, 3.8) is 0 Å².